The van der Waals surface area contributed by atoms with E-state index < -0.39 is 0 Å². The van der Waals surface area contributed by atoms with Crippen LogP contribution in [0.2, 0.25) is 0 Å². The summed E-state index contributed by atoms with van der Waals surface area (Å²) in [5.41, 5.74) is 1.06. The quantitative estimate of drug-likeness (QED) is 0.667. The standard InChI is InChI=1S/C10H20N2O/c1-8(2)10(13)7-12-5-4-11-9(3)6-12/h8,10-11,13H,3-7H2,1-2H3. The first-order valence-corrected chi connectivity index (χ1v) is 4.91. The van der Waals surface area contributed by atoms with Gasteiger partial charge in [-0.05, 0) is 5.92 Å². The van der Waals surface area contributed by atoms with Gasteiger partial charge in [-0.15, -0.1) is 0 Å². The summed E-state index contributed by atoms with van der Waals surface area (Å²) in [5, 5.41) is 12.9. The van der Waals surface area contributed by atoms with E-state index >= 15 is 0 Å². The molecule has 1 aliphatic heterocycles. The van der Waals surface area contributed by atoms with Gasteiger partial charge in [0.25, 0.3) is 0 Å². The number of piperazine rings is 1. The Morgan fingerprint density at radius 2 is 2.31 bits per heavy atom. The smallest absolute Gasteiger partial charge is 0.0690 e. The summed E-state index contributed by atoms with van der Waals surface area (Å²) in [4.78, 5) is 2.24. The molecule has 1 heterocycles. The van der Waals surface area contributed by atoms with Gasteiger partial charge in [0.1, 0.15) is 0 Å². The second-order valence-corrected chi connectivity index (χ2v) is 4.08. The lowest BCUT2D eigenvalue weighted by atomic mass is 10.1. The molecule has 0 aliphatic carbocycles. The van der Waals surface area contributed by atoms with E-state index in [1.54, 1.807) is 0 Å². The average Bonchev–Trinajstić information content (AvgIpc) is 2.04. The Bertz CT molecular complexity index is 180. The van der Waals surface area contributed by atoms with Gasteiger partial charge in [-0.1, -0.05) is 20.4 Å². The fraction of sp³-hybridized carbons (Fsp3) is 0.800. The zero-order valence-corrected chi connectivity index (χ0v) is 8.58. The van der Waals surface area contributed by atoms with Crippen LogP contribution in [0.3, 0.4) is 0 Å². The molecular weight excluding hydrogens is 164 g/mol. The summed E-state index contributed by atoms with van der Waals surface area (Å²) in [6.45, 7) is 11.5. The zero-order chi connectivity index (χ0) is 9.84. The highest BCUT2D eigenvalue weighted by molar-refractivity contribution is 4.98. The number of hydrogen-bond donors (Lipinski definition) is 2. The van der Waals surface area contributed by atoms with E-state index in [4.69, 9.17) is 0 Å². The first-order valence-electron chi connectivity index (χ1n) is 4.91. The lowest BCUT2D eigenvalue weighted by molar-refractivity contribution is 0.0759. The summed E-state index contributed by atoms with van der Waals surface area (Å²) in [6.07, 6.45) is -0.217. The molecule has 1 saturated heterocycles. The Labute approximate surface area is 80.4 Å². The highest BCUT2D eigenvalue weighted by atomic mass is 16.3. The molecule has 1 fully saturated rings. The summed E-state index contributed by atoms with van der Waals surface area (Å²) in [6, 6.07) is 0. The van der Waals surface area contributed by atoms with Gasteiger partial charge in [-0.2, -0.15) is 0 Å². The molecule has 1 unspecified atom stereocenters. The van der Waals surface area contributed by atoms with Crippen LogP contribution in [-0.2, 0) is 0 Å². The number of aliphatic hydroxyl groups is 1. The van der Waals surface area contributed by atoms with Gasteiger partial charge in [0, 0.05) is 31.9 Å². The van der Waals surface area contributed by atoms with Crippen LogP contribution in [0.25, 0.3) is 0 Å². The maximum absolute atomic E-state index is 9.67. The summed E-state index contributed by atoms with van der Waals surface area (Å²) >= 11 is 0. The number of nitrogens with zero attached hydrogens (tertiary/aromatic N) is 1. The Morgan fingerprint density at radius 1 is 1.62 bits per heavy atom. The van der Waals surface area contributed by atoms with E-state index in [-0.39, 0.29) is 6.10 Å². The number of rotatable bonds is 3. The zero-order valence-electron chi connectivity index (χ0n) is 8.58. The van der Waals surface area contributed by atoms with Crippen molar-refractivity contribution in [1.82, 2.24) is 10.2 Å². The SMILES string of the molecule is C=C1CN(CC(O)C(C)C)CCN1. The fourth-order valence-electron chi connectivity index (χ4n) is 1.43. The molecule has 0 aromatic heterocycles. The minimum absolute atomic E-state index is 0.217. The molecule has 13 heavy (non-hydrogen) atoms. The van der Waals surface area contributed by atoms with Crippen molar-refractivity contribution in [2.75, 3.05) is 26.2 Å². The number of aliphatic hydroxyl groups excluding tert-OH is 1. The van der Waals surface area contributed by atoms with Crippen LogP contribution in [0.15, 0.2) is 12.3 Å². The van der Waals surface area contributed by atoms with Crippen molar-refractivity contribution in [2.24, 2.45) is 5.92 Å². The third-order valence-corrected chi connectivity index (χ3v) is 2.43. The first-order chi connectivity index (χ1) is 6.09. The first kappa shape index (κ1) is 10.5. The van der Waals surface area contributed by atoms with Gasteiger partial charge in [-0.25, -0.2) is 0 Å². The van der Waals surface area contributed by atoms with Gasteiger partial charge in [0.05, 0.1) is 6.10 Å². The Kier molecular flexibility index (Phi) is 3.75. The van der Waals surface area contributed by atoms with Crippen molar-refractivity contribution in [3.63, 3.8) is 0 Å². The molecule has 76 valence electrons. The van der Waals surface area contributed by atoms with Crippen molar-refractivity contribution < 1.29 is 5.11 Å². The predicted molar refractivity (Wildman–Crippen MR) is 54.4 cm³/mol. The van der Waals surface area contributed by atoms with Gasteiger partial charge >= 0.3 is 0 Å². The Morgan fingerprint density at radius 3 is 2.85 bits per heavy atom. The second-order valence-electron chi connectivity index (χ2n) is 4.08. The fourth-order valence-corrected chi connectivity index (χ4v) is 1.43. The van der Waals surface area contributed by atoms with Crippen LogP contribution < -0.4 is 5.32 Å². The van der Waals surface area contributed by atoms with Crippen molar-refractivity contribution in [3.8, 4) is 0 Å². The Hall–Kier alpha value is -0.540. The van der Waals surface area contributed by atoms with Crippen LogP contribution in [0.4, 0.5) is 0 Å². The van der Waals surface area contributed by atoms with Crippen molar-refractivity contribution >= 4 is 0 Å². The molecule has 3 heteroatoms. The van der Waals surface area contributed by atoms with Crippen LogP contribution in [0, 0.1) is 5.92 Å². The molecule has 0 aromatic rings. The van der Waals surface area contributed by atoms with Crippen molar-refractivity contribution in [2.45, 2.75) is 20.0 Å². The second kappa shape index (κ2) is 4.63. The molecule has 0 saturated carbocycles. The van der Waals surface area contributed by atoms with Crippen molar-refractivity contribution in [1.29, 1.82) is 0 Å². The molecule has 0 bridgehead atoms. The van der Waals surface area contributed by atoms with E-state index in [0.29, 0.717) is 5.92 Å². The van der Waals surface area contributed by atoms with Crippen molar-refractivity contribution in [3.05, 3.63) is 12.3 Å². The van der Waals surface area contributed by atoms with Gasteiger partial charge in [-0.3, -0.25) is 4.90 Å². The van der Waals surface area contributed by atoms with E-state index in [9.17, 15) is 5.11 Å². The number of hydrogen-bond acceptors (Lipinski definition) is 3. The van der Waals surface area contributed by atoms with E-state index in [0.717, 1.165) is 31.9 Å². The monoisotopic (exact) mass is 184 g/mol. The van der Waals surface area contributed by atoms with Crippen LogP contribution in [0.1, 0.15) is 13.8 Å². The molecule has 0 amide bonds. The van der Waals surface area contributed by atoms with Crippen LogP contribution >= 0.6 is 0 Å². The molecule has 0 aromatic carbocycles. The average molecular weight is 184 g/mol. The molecule has 1 rings (SSSR count). The molecule has 0 spiro atoms. The minimum Gasteiger partial charge on any atom is -0.392 e. The highest BCUT2D eigenvalue weighted by Gasteiger charge is 2.17. The molecule has 2 N–H and O–H groups in total. The maximum atomic E-state index is 9.67. The van der Waals surface area contributed by atoms with E-state index in [1.807, 2.05) is 13.8 Å². The predicted octanol–water partition coefficient (Wildman–Crippen LogP) is 0.422. The normalized spacial score (nSPS) is 21.7. The van der Waals surface area contributed by atoms with Crippen LogP contribution in [0.5, 0.6) is 0 Å². The van der Waals surface area contributed by atoms with Gasteiger partial charge in [0.2, 0.25) is 0 Å². The molecule has 3 nitrogen and oxygen atoms in total. The topological polar surface area (TPSA) is 35.5 Å². The lowest BCUT2D eigenvalue weighted by Crippen LogP contribution is -2.45. The summed E-state index contributed by atoms with van der Waals surface area (Å²) in [5.74, 6) is 0.336. The number of β-amino-alcohol motifs (C(OH)–C–C–N with tert-alkyl or cyclic N) is 1. The third kappa shape index (κ3) is 3.36. The largest absolute Gasteiger partial charge is 0.392 e. The number of nitrogens with one attached hydrogen (secondary N) is 1. The molecule has 1 atom stereocenters. The Balaban J connectivity index is 2.31. The molecular formula is C10H20N2O. The maximum Gasteiger partial charge on any atom is 0.0690 e. The van der Waals surface area contributed by atoms with Gasteiger partial charge < -0.3 is 10.4 Å². The molecule has 0 radical (unpaired) electrons. The van der Waals surface area contributed by atoms with Crippen LogP contribution in [-0.4, -0.2) is 42.3 Å². The van der Waals surface area contributed by atoms with E-state index in [1.165, 1.54) is 0 Å². The summed E-state index contributed by atoms with van der Waals surface area (Å²) in [7, 11) is 0. The molecule has 1 aliphatic rings. The lowest BCUT2D eigenvalue weighted by Gasteiger charge is -2.31. The minimum atomic E-state index is -0.217. The third-order valence-electron chi connectivity index (χ3n) is 2.43. The summed E-state index contributed by atoms with van der Waals surface area (Å²) < 4.78 is 0. The van der Waals surface area contributed by atoms with E-state index in [2.05, 4.69) is 16.8 Å². The van der Waals surface area contributed by atoms with Gasteiger partial charge in [0.15, 0.2) is 0 Å². The highest BCUT2D eigenvalue weighted by Crippen LogP contribution is 2.06.